The first-order valence-corrected chi connectivity index (χ1v) is 10.5. The lowest BCUT2D eigenvalue weighted by atomic mass is 10.1. The number of hydrogen-bond acceptors (Lipinski definition) is 4. The Labute approximate surface area is 198 Å². The molecule has 172 valence electrons. The van der Waals surface area contributed by atoms with E-state index in [1.165, 1.54) is 34.9 Å². The van der Waals surface area contributed by atoms with Crippen LogP contribution in [0, 0.1) is 5.82 Å². The van der Waals surface area contributed by atoms with Gasteiger partial charge in [-0.15, -0.1) is 0 Å². The Morgan fingerprint density at radius 1 is 0.941 bits per heavy atom. The number of nitrogens with zero attached hydrogens (tertiary/aromatic N) is 2. The minimum absolute atomic E-state index is 0.00138. The number of carbonyl (C=O) groups is 3. The summed E-state index contributed by atoms with van der Waals surface area (Å²) in [4.78, 5) is 40.5. The van der Waals surface area contributed by atoms with E-state index in [9.17, 15) is 18.8 Å². The van der Waals surface area contributed by atoms with E-state index < -0.39 is 23.6 Å². The molecule has 3 N–H and O–H groups in total. The molecular weight excluding hydrogens is 463 g/mol. The third-order valence-corrected chi connectivity index (χ3v) is 5.35. The van der Waals surface area contributed by atoms with Crippen LogP contribution in [0.5, 0.6) is 0 Å². The number of benzene rings is 2. The summed E-state index contributed by atoms with van der Waals surface area (Å²) in [6, 6.07) is 15.3. The van der Waals surface area contributed by atoms with Crippen molar-refractivity contribution >= 4 is 35.0 Å². The summed E-state index contributed by atoms with van der Waals surface area (Å²) in [5, 5.41) is 14.4. The molecule has 0 aliphatic rings. The van der Waals surface area contributed by atoms with Crippen molar-refractivity contribution in [2.45, 2.75) is 13.1 Å². The van der Waals surface area contributed by atoms with Crippen molar-refractivity contribution in [2.24, 2.45) is 0 Å². The standard InChI is InChI=1S/C24H18ClFN4O4/c25-17-9-6-15(10-18(17)26)12-27-22(31)19-13-30-20(2-1-3-21(30)29-19)23(32)28-11-14-4-7-16(8-5-14)24(33)34/h1-10,13H,11-12H2,(H,27,31)(H,28,32)(H,33,34). The molecule has 0 spiro atoms. The number of carboxylic acid groups (broad SMARTS) is 1. The van der Waals surface area contributed by atoms with Gasteiger partial charge in [0.1, 0.15) is 22.9 Å². The minimum atomic E-state index is -1.03. The fourth-order valence-corrected chi connectivity index (χ4v) is 3.38. The van der Waals surface area contributed by atoms with Crippen LogP contribution in [0.4, 0.5) is 4.39 Å². The van der Waals surface area contributed by atoms with Crippen molar-refractivity contribution in [3.05, 3.63) is 106 Å². The van der Waals surface area contributed by atoms with E-state index in [0.717, 1.165) is 5.56 Å². The lowest BCUT2D eigenvalue weighted by Crippen LogP contribution is -2.25. The Balaban J connectivity index is 1.45. The van der Waals surface area contributed by atoms with Crippen molar-refractivity contribution in [3.8, 4) is 0 Å². The predicted molar refractivity (Wildman–Crippen MR) is 122 cm³/mol. The molecule has 2 aromatic heterocycles. The first-order valence-electron chi connectivity index (χ1n) is 10.1. The molecule has 0 saturated carbocycles. The largest absolute Gasteiger partial charge is 0.478 e. The highest BCUT2D eigenvalue weighted by Crippen LogP contribution is 2.16. The highest BCUT2D eigenvalue weighted by Gasteiger charge is 2.16. The number of imidazole rings is 1. The van der Waals surface area contributed by atoms with Crippen molar-refractivity contribution in [1.29, 1.82) is 0 Å². The summed E-state index contributed by atoms with van der Waals surface area (Å²) in [6.07, 6.45) is 1.45. The Morgan fingerprint density at radius 3 is 2.32 bits per heavy atom. The lowest BCUT2D eigenvalue weighted by molar-refractivity contribution is 0.0696. The Hall–Kier alpha value is -4.24. The highest BCUT2D eigenvalue weighted by atomic mass is 35.5. The van der Waals surface area contributed by atoms with Gasteiger partial charge in [0.05, 0.1) is 10.6 Å². The van der Waals surface area contributed by atoms with Gasteiger partial charge in [0, 0.05) is 19.3 Å². The quantitative estimate of drug-likeness (QED) is 0.373. The summed E-state index contributed by atoms with van der Waals surface area (Å²) in [7, 11) is 0. The van der Waals surface area contributed by atoms with E-state index in [1.54, 1.807) is 36.4 Å². The molecule has 0 atom stereocenters. The summed E-state index contributed by atoms with van der Waals surface area (Å²) in [5.74, 6) is -2.48. The van der Waals surface area contributed by atoms with Crippen LogP contribution < -0.4 is 10.6 Å². The van der Waals surface area contributed by atoms with Gasteiger partial charge in [0.2, 0.25) is 0 Å². The van der Waals surface area contributed by atoms with Gasteiger partial charge in [-0.05, 0) is 47.5 Å². The molecule has 0 saturated heterocycles. The Kier molecular flexibility index (Phi) is 6.55. The maximum atomic E-state index is 13.6. The van der Waals surface area contributed by atoms with Crippen molar-refractivity contribution < 1.29 is 23.9 Å². The molecule has 0 bridgehead atoms. The molecule has 34 heavy (non-hydrogen) atoms. The molecule has 0 fully saturated rings. The van der Waals surface area contributed by atoms with Gasteiger partial charge >= 0.3 is 5.97 Å². The third kappa shape index (κ3) is 5.05. The second-order valence-electron chi connectivity index (χ2n) is 7.38. The zero-order valence-electron chi connectivity index (χ0n) is 17.6. The maximum absolute atomic E-state index is 13.6. The van der Waals surface area contributed by atoms with Gasteiger partial charge in [-0.25, -0.2) is 14.2 Å². The lowest BCUT2D eigenvalue weighted by Gasteiger charge is -2.07. The van der Waals surface area contributed by atoms with E-state index in [0.29, 0.717) is 11.2 Å². The molecule has 2 aromatic carbocycles. The monoisotopic (exact) mass is 480 g/mol. The minimum Gasteiger partial charge on any atom is -0.478 e. The molecule has 0 aliphatic carbocycles. The van der Waals surface area contributed by atoms with Crippen LogP contribution in [0.15, 0.2) is 66.9 Å². The number of hydrogen-bond donors (Lipinski definition) is 3. The molecule has 4 rings (SSSR count). The average molecular weight is 481 g/mol. The van der Waals surface area contributed by atoms with Crippen LogP contribution in [0.2, 0.25) is 5.02 Å². The molecule has 2 heterocycles. The number of amides is 2. The summed E-state index contributed by atoms with van der Waals surface area (Å²) < 4.78 is 15.1. The predicted octanol–water partition coefficient (Wildman–Crippen LogP) is 3.69. The zero-order chi connectivity index (χ0) is 24.2. The fraction of sp³-hybridized carbons (Fsp3) is 0.0833. The van der Waals surface area contributed by atoms with Gasteiger partial charge < -0.3 is 15.7 Å². The van der Waals surface area contributed by atoms with E-state index in [4.69, 9.17) is 16.7 Å². The third-order valence-electron chi connectivity index (χ3n) is 5.05. The number of carboxylic acids is 1. The molecule has 0 unspecified atom stereocenters. The van der Waals surface area contributed by atoms with Crippen LogP contribution in [-0.4, -0.2) is 32.3 Å². The van der Waals surface area contributed by atoms with Gasteiger partial charge in [0.25, 0.3) is 11.8 Å². The number of aromatic carboxylic acids is 1. The molecular formula is C24H18ClFN4O4. The Bertz CT molecular complexity index is 1400. The highest BCUT2D eigenvalue weighted by molar-refractivity contribution is 6.30. The normalized spacial score (nSPS) is 10.8. The summed E-state index contributed by atoms with van der Waals surface area (Å²) in [5.41, 5.74) is 2.20. The molecule has 4 aromatic rings. The SMILES string of the molecule is O=C(O)c1ccc(CNC(=O)c2cccc3nc(C(=O)NCc4ccc(Cl)c(F)c4)cn23)cc1. The molecule has 8 nitrogen and oxygen atoms in total. The zero-order valence-corrected chi connectivity index (χ0v) is 18.3. The fourth-order valence-electron chi connectivity index (χ4n) is 3.27. The molecule has 10 heteroatoms. The number of pyridine rings is 1. The Morgan fingerprint density at radius 2 is 1.62 bits per heavy atom. The topological polar surface area (TPSA) is 113 Å². The second kappa shape index (κ2) is 9.72. The number of rotatable bonds is 7. The van der Waals surface area contributed by atoms with Crippen LogP contribution in [0.1, 0.15) is 42.5 Å². The number of nitrogens with one attached hydrogen (secondary N) is 2. The maximum Gasteiger partial charge on any atom is 0.335 e. The van der Waals surface area contributed by atoms with E-state index in [2.05, 4.69) is 15.6 Å². The van der Waals surface area contributed by atoms with Gasteiger partial charge in [-0.1, -0.05) is 35.9 Å². The summed E-state index contributed by atoms with van der Waals surface area (Å²) >= 11 is 5.67. The van der Waals surface area contributed by atoms with Crippen molar-refractivity contribution in [1.82, 2.24) is 20.0 Å². The van der Waals surface area contributed by atoms with E-state index in [-0.39, 0.29) is 35.1 Å². The second-order valence-corrected chi connectivity index (χ2v) is 7.79. The number of fused-ring (bicyclic) bond motifs is 1. The summed E-state index contributed by atoms with van der Waals surface area (Å²) in [6.45, 7) is 0.267. The first kappa shape index (κ1) is 22.9. The first-order chi connectivity index (χ1) is 16.3. The van der Waals surface area contributed by atoms with E-state index >= 15 is 0 Å². The molecule has 2 amide bonds. The van der Waals surface area contributed by atoms with Crippen molar-refractivity contribution in [2.75, 3.05) is 0 Å². The average Bonchev–Trinajstić information content (AvgIpc) is 3.28. The van der Waals surface area contributed by atoms with Crippen LogP contribution >= 0.6 is 11.6 Å². The van der Waals surface area contributed by atoms with Gasteiger partial charge in [-0.3, -0.25) is 14.0 Å². The van der Waals surface area contributed by atoms with Gasteiger partial charge in [0.15, 0.2) is 0 Å². The van der Waals surface area contributed by atoms with Crippen LogP contribution in [-0.2, 0) is 13.1 Å². The smallest absolute Gasteiger partial charge is 0.335 e. The number of carbonyl (C=O) groups excluding carboxylic acids is 2. The van der Waals surface area contributed by atoms with Gasteiger partial charge in [-0.2, -0.15) is 0 Å². The van der Waals surface area contributed by atoms with E-state index in [1.807, 2.05) is 0 Å². The number of aromatic nitrogens is 2. The van der Waals surface area contributed by atoms with Crippen LogP contribution in [0.3, 0.4) is 0 Å². The number of halogens is 2. The van der Waals surface area contributed by atoms with Crippen LogP contribution in [0.25, 0.3) is 5.65 Å². The molecule has 0 radical (unpaired) electrons. The van der Waals surface area contributed by atoms with Crippen molar-refractivity contribution in [3.63, 3.8) is 0 Å². The molecule has 0 aliphatic heterocycles.